The lowest BCUT2D eigenvalue weighted by Crippen LogP contribution is -2.40. The summed E-state index contributed by atoms with van der Waals surface area (Å²) in [6.07, 6.45) is 0.905. The summed E-state index contributed by atoms with van der Waals surface area (Å²) in [4.78, 5) is 6.78. The third-order valence-electron chi connectivity index (χ3n) is 3.97. The zero-order valence-corrected chi connectivity index (χ0v) is 12.5. The van der Waals surface area contributed by atoms with Gasteiger partial charge in [0.2, 0.25) is 5.89 Å². The molecule has 1 aliphatic rings. The molecule has 1 aliphatic heterocycles. The highest BCUT2D eigenvalue weighted by molar-refractivity contribution is 5.18. The van der Waals surface area contributed by atoms with E-state index in [0.29, 0.717) is 5.89 Å². The molecule has 0 spiro atoms. The monoisotopic (exact) mass is 287 g/mol. The SMILES string of the molecule is CCc1noc([C@@H](C)N2CCO[C@@H](c3ccccc3)C2)n1. The lowest BCUT2D eigenvalue weighted by atomic mass is 10.1. The second-order valence-corrected chi connectivity index (χ2v) is 5.34. The van der Waals surface area contributed by atoms with Crippen LogP contribution in [0.5, 0.6) is 0 Å². The molecule has 1 saturated heterocycles. The maximum Gasteiger partial charge on any atom is 0.243 e. The van der Waals surface area contributed by atoms with Crippen molar-refractivity contribution >= 4 is 0 Å². The minimum Gasteiger partial charge on any atom is -0.371 e. The van der Waals surface area contributed by atoms with Crippen molar-refractivity contribution in [2.75, 3.05) is 19.7 Å². The molecule has 0 saturated carbocycles. The van der Waals surface area contributed by atoms with E-state index in [1.165, 1.54) is 5.56 Å². The number of ether oxygens (including phenoxy) is 1. The normalized spacial score (nSPS) is 21.3. The number of nitrogens with zero attached hydrogens (tertiary/aromatic N) is 3. The molecule has 5 nitrogen and oxygen atoms in total. The van der Waals surface area contributed by atoms with Gasteiger partial charge in [-0.2, -0.15) is 4.98 Å². The molecule has 3 rings (SSSR count). The first-order valence-corrected chi connectivity index (χ1v) is 7.51. The van der Waals surface area contributed by atoms with Gasteiger partial charge in [0, 0.05) is 19.5 Å². The molecule has 2 heterocycles. The Labute approximate surface area is 124 Å². The third kappa shape index (κ3) is 3.14. The quantitative estimate of drug-likeness (QED) is 0.865. The van der Waals surface area contributed by atoms with E-state index in [0.717, 1.165) is 31.9 Å². The fraction of sp³-hybridized carbons (Fsp3) is 0.500. The molecule has 1 fully saturated rings. The lowest BCUT2D eigenvalue weighted by molar-refractivity contribution is -0.0469. The van der Waals surface area contributed by atoms with Crippen LogP contribution in [-0.2, 0) is 11.2 Å². The Morgan fingerprint density at radius 3 is 2.86 bits per heavy atom. The van der Waals surface area contributed by atoms with Gasteiger partial charge in [0.05, 0.1) is 18.8 Å². The van der Waals surface area contributed by atoms with E-state index in [9.17, 15) is 0 Å². The lowest BCUT2D eigenvalue weighted by Gasteiger charge is -2.35. The highest BCUT2D eigenvalue weighted by atomic mass is 16.5. The molecule has 0 radical (unpaired) electrons. The fourth-order valence-electron chi connectivity index (χ4n) is 2.63. The molecule has 0 unspecified atom stereocenters. The van der Waals surface area contributed by atoms with Crippen LogP contribution in [0.2, 0.25) is 0 Å². The summed E-state index contributed by atoms with van der Waals surface area (Å²) in [5.74, 6) is 1.46. The van der Waals surface area contributed by atoms with E-state index >= 15 is 0 Å². The van der Waals surface area contributed by atoms with E-state index in [1.807, 2.05) is 25.1 Å². The molecule has 112 valence electrons. The van der Waals surface area contributed by atoms with Crippen LogP contribution in [0.25, 0.3) is 0 Å². The van der Waals surface area contributed by atoms with Gasteiger partial charge < -0.3 is 9.26 Å². The Morgan fingerprint density at radius 1 is 1.33 bits per heavy atom. The van der Waals surface area contributed by atoms with E-state index in [-0.39, 0.29) is 12.1 Å². The van der Waals surface area contributed by atoms with Crippen molar-refractivity contribution in [3.63, 3.8) is 0 Å². The topological polar surface area (TPSA) is 51.4 Å². The number of morpholine rings is 1. The first-order chi connectivity index (χ1) is 10.3. The minimum atomic E-state index is 0.107. The number of hydrogen-bond acceptors (Lipinski definition) is 5. The molecular weight excluding hydrogens is 266 g/mol. The van der Waals surface area contributed by atoms with Crippen LogP contribution in [0, 0.1) is 0 Å². The fourth-order valence-corrected chi connectivity index (χ4v) is 2.63. The second-order valence-electron chi connectivity index (χ2n) is 5.34. The van der Waals surface area contributed by atoms with Crippen molar-refractivity contribution in [1.82, 2.24) is 15.0 Å². The smallest absolute Gasteiger partial charge is 0.243 e. The summed E-state index contributed by atoms with van der Waals surface area (Å²) in [5, 5.41) is 3.98. The number of rotatable bonds is 4. The van der Waals surface area contributed by atoms with Gasteiger partial charge in [0.15, 0.2) is 5.82 Å². The van der Waals surface area contributed by atoms with Gasteiger partial charge in [0.1, 0.15) is 0 Å². The van der Waals surface area contributed by atoms with Crippen LogP contribution in [0.4, 0.5) is 0 Å². The third-order valence-corrected chi connectivity index (χ3v) is 3.97. The molecule has 1 aromatic heterocycles. The molecule has 2 aromatic rings. The number of hydrogen-bond donors (Lipinski definition) is 0. The van der Waals surface area contributed by atoms with E-state index in [1.54, 1.807) is 0 Å². The van der Waals surface area contributed by atoms with Crippen LogP contribution in [0.3, 0.4) is 0 Å². The summed E-state index contributed by atoms with van der Waals surface area (Å²) < 4.78 is 11.3. The number of aromatic nitrogens is 2. The second kappa shape index (κ2) is 6.37. The van der Waals surface area contributed by atoms with Gasteiger partial charge in [-0.05, 0) is 12.5 Å². The van der Waals surface area contributed by atoms with Crippen LogP contribution < -0.4 is 0 Å². The maximum atomic E-state index is 5.90. The largest absolute Gasteiger partial charge is 0.371 e. The highest BCUT2D eigenvalue weighted by Gasteiger charge is 2.28. The van der Waals surface area contributed by atoms with Gasteiger partial charge in [0.25, 0.3) is 0 Å². The van der Waals surface area contributed by atoms with Crippen LogP contribution in [-0.4, -0.2) is 34.7 Å². The summed E-state index contributed by atoms with van der Waals surface area (Å²) >= 11 is 0. The van der Waals surface area contributed by atoms with Gasteiger partial charge in [-0.15, -0.1) is 0 Å². The molecule has 0 aliphatic carbocycles. The Kier molecular flexibility index (Phi) is 4.31. The van der Waals surface area contributed by atoms with E-state index < -0.39 is 0 Å². The zero-order valence-electron chi connectivity index (χ0n) is 12.5. The number of aryl methyl sites for hydroxylation is 1. The minimum absolute atomic E-state index is 0.107. The number of benzene rings is 1. The van der Waals surface area contributed by atoms with Crippen molar-refractivity contribution in [3.8, 4) is 0 Å². The van der Waals surface area contributed by atoms with Crippen molar-refractivity contribution in [1.29, 1.82) is 0 Å². The Hall–Kier alpha value is -1.72. The van der Waals surface area contributed by atoms with Crippen LogP contribution in [0.1, 0.15) is 43.3 Å². The summed E-state index contributed by atoms with van der Waals surface area (Å²) in [6.45, 7) is 6.59. The summed E-state index contributed by atoms with van der Waals surface area (Å²) in [6, 6.07) is 10.5. The first kappa shape index (κ1) is 14.2. The van der Waals surface area contributed by atoms with Crippen molar-refractivity contribution in [2.24, 2.45) is 0 Å². The molecule has 2 atom stereocenters. The molecule has 0 bridgehead atoms. The predicted molar refractivity (Wildman–Crippen MR) is 78.8 cm³/mol. The first-order valence-electron chi connectivity index (χ1n) is 7.51. The maximum absolute atomic E-state index is 5.90. The Bertz CT molecular complexity index is 570. The predicted octanol–water partition coefficient (Wildman–Crippen LogP) is 2.77. The van der Waals surface area contributed by atoms with Gasteiger partial charge in [-0.25, -0.2) is 0 Å². The van der Waals surface area contributed by atoms with Crippen LogP contribution >= 0.6 is 0 Å². The van der Waals surface area contributed by atoms with Gasteiger partial charge >= 0.3 is 0 Å². The van der Waals surface area contributed by atoms with Crippen molar-refractivity contribution in [3.05, 3.63) is 47.6 Å². The Balaban J connectivity index is 1.70. The Morgan fingerprint density at radius 2 is 2.14 bits per heavy atom. The molecule has 5 heteroatoms. The standard InChI is InChI=1S/C16H21N3O2/c1-3-15-17-16(21-18-15)12(2)19-9-10-20-14(11-19)13-7-5-4-6-8-13/h4-8,12,14H,3,9-11H2,1-2H3/t12-,14-/m1/s1. The molecule has 1 aromatic carbocycles. The zero-order chi connectivity index (χ0) is 14.7. The molecule has 21 heavy (non-hydrogen) atoms. The van der Waals surface area contributed by atoms with E-state index in [2.05, 4.69) is 34.1 Å². The van der Waals surface area contributed by atoms with E-state index in [4.69, 9.17) is 9.26 Å². The highest BCUT2D eigenvalue weighted by Crippen LogP contribution is 2.27. The average molecular weight is 287 g/mol. The van der Waals surface area contributed by atoms with Crippen molar-refractivity contribution < 1.29 is 9.26 Å². The molecule has 0 N–H and O–H groups in total. The average Bonchev–Trinajstić information content (AvgIpc) is 3.04. The molecule has 0 amide bonds. The van der Waals surface area contributed by atoms with Gasteiger partial charge in [-0.3, -0.25) is 4.90 Å². The summed E-state index contributed by atoms with van der Waals surface area (Å²) in [5.41, 5.74) is 1.22. The summed E-state index contributed by atoms with van der Waals surface area (Å²) in [7, 11) is 0. The molecular formula is C16H21N3O2. The van der Waals surface area contributed by atoms with Gasteiger partial charge in [-0.1, -0.05) is 42.4 Å². The van der Waals surface area contributed by atoms with Crippen LogP contribution in [0.15, 0.2) is 34.9 Å². The van der Waals surface area contributed by atoms with Crippen molar-refractivity contribution in [2.45, 2.75) is 32.4 Å².